The van der Waals surface area contributed by atoms with Crippen molar-refractivity contribution in [1.29, 1.82) is 0 Å². The molecule has 0 bridgehead atoms. The van der Waals surface area contributed by atoms with Gasteiger partial charge in [-0.25, -0.2) is 0 Å². The highest BCUT2D eigenvalue weighted by atomic mass is 32.2. The number of thioether (sulfide) groups is 1. The fourth-order valence-electron chi connectivity index (χ4n) is 0.845. The third-order valence-electron chi connectivity index (χ3n) is 1.32. The Labute approximate surface area is 72.9 Å². The van der Waals surface area contributed by atoms with Crippen LogP contribution in [0.3, 0.4) is 0 Å². The molecule has 0 aliphatic carbocycles. The third-order valence-corrected chi connectivity index (χ3v) is 2.10. The van der Waals surface area contributed by atoms with Crippen LogP contribution in [0.1, 0.15) is 0 Å². The van der Waals surface area contributed by atoms with E-state index >= 15 is 0 Å². The molecular weight excluding hydrogens is 187 g/mol. The summed E-state index contributed by atoms with van der Waals surface area (Å²) in [5.74, 6) is 0.306. The van der Waals surface area contributed by atoms with Crippen molar-refractivity contribution in [2.75, 3.05) is 12.4 Å². The van der Waals surface area contributed by atoms with Crippen LogP contribution in [0.2, 0.25) is 0 Å². The van der Waals surface area contributed by atoms with E-state index in [2.05, 4.69) is 12.0 Å². The molecule has 0 saturated heterocycles. The van der Waals surface area contributed by atoms with E-state index in [0.29, 0.717) is 5.88 Å². The summed E-state index contributed by atoms with van der Waals surface area (Å²) in [7, 11) is 0. The fraction of sp³-hybridized carbons (Fsp3) is 0.429. The Bertz CT molecular complexity index is 209. The largest absolute Gasteiger partial charge is 0.432 e. The van der Waals surface area contributed by atoms with Gasteiger partial charge < -0.3 is 4.90 Å². The fourth-order valence-corrected chi connectivity index (χ4v) is 1.68. The van der Waals surface area contributed by atoms with Gasteiger partial charge in [-0.15, -0.1) is 18.3 Å². The van der Waals surface area contributed by atoms with Gasteiger partial charge in [0.15, 0.2) is 0 Å². The lowest BCUT2D eigenvalue weighted by atomic mass is 10.4. The van der Waals surface area contributed by atoms with Crippen LogP contribution in [-0.2, 0) is 0 Å². The standard InChI is InChI=1S/C7H7F3NS/c1-2-3-11-5-12-4-6(11)7(8,9)10/h2H,1,3,5H2. The Kier molecular flexibility index (Phi) is 2.72. The van der Waals surface area contributed by atoms with Crippen molar-refractivity contribution in [3.05, 3.63) is 23.8 Å². The minimum atomic E-state index is -4.29. The topological polar surface area (TPSA) is 3.24 Å². The Morgan fingerprint density at radius 2 is 2.33 bits per heavy atom. The smallest absolute Gasteiger partial charge is 0.353 e. The molecule has 1 rings (SSSR count). The molecule has 0 unspecified atom stereocenters. The Hall–Kier alpha value is -0.580. The third kappa shape index (κ3) is 1.97. The van der Waals surface area contributed by atoms with Crippen LogP contribution in [0.25, 0.3) is 0 Å². The number of nitrogens with zero attached hydrogens (tertiary/aromatic N) is 1. The first kappa shape index (κ1) is 9.51. The minimum absolute atomic E-state index is 0.217. The molecule has 5 heteroatoms. The number of rotatable bonds is 2. The van der Waals surface area contributed by atoms with Crippen molar-refractivity contribution in [2.24, 2.45) is 0 Å². The molecule has 0 aromatic heterocycles. The van der Waals surface area contributed by atoms with Crippen LogP contribution in [0.4, 0.5) is 13.2 Å². The van der Waals surface area contributed by atoms with Crippen molar-refractivity contribution in [3.8, 4) is 0 Å². The van der Waals surface area contributed by atoms with Gasteiger partial charge in [0.05, 0.1) is 11.3 Å². The van der Waals surface area contributed by atoms with Crippen molar-refractivity contribution < 1.29 is 13.2 Å². The average molecular weight is 194 g/mol. The van der Waals surface area contributed by atoms with Gasteiger partial charge in [0.1, 0.15) is 5.70 Å². The predicted molar refractivity (Wildman–Crippen MR) is 42.2 cm³/mol. The number of halogens is 3. The summed E-state index contributed by atoms with van der Waals surface area (Å²) in [4.78, 5) is 1.19. The number of allylic oxidation sites excluding steroid dienone is 1. The maximum atomic E-state index is 12.1. The molecule has 0 spiro atoms. The predicted octanol–water partition coefficient (Wildman–Crippen LogP) is 2.39. The lowest BCUT2D eigenvalue weighted by Crippen LogP contribution is -2.28. The molecule has 0 N–H and O–H groups in total. The van der Waals surface area contributed by atoms with Crippen LogP contribution in [0.5, 0.6) is 0 Å². The maximum absolute atomic E-state index is 12.1. The maximum Gasteiger partial charge on any atom is 0.432 e. The zero-order valence-electron chi connectivity index (χ0n) is 6.19. The second-order valence-electron chi connectivity index (χ2n) is 2.23. The van der Waals surface area contributed by atoms with Crippen LogP contribution in [0.15, 0.2) is 18.4 Å². The summed E-state index contributed by atoms with van der Waals surface area (Å²) >= 11 is 1.03. The van der Waals surface area contributed by atoms with Crippen molar-refractivity contribution in [3.63, 3.8) is 0 Å². The van der Waals surface area contributed by atoms with Gasteiger partial charge in [-0.1, -0.05) is 6.08 Å². The van der Waals surface area contributed by atoms with Gasteiger partial charge in [-0.05, 0) is 0 Å². The number of hydrogen-bond acceptors (Lipinski definition) is 2. The quantitative estimate of drug-likeness (QED) is 0.621. The van der Waals surface area contributed by atoms with Crippen molar-refractivity contribution in [2.45, 2.75) is 6.18 Å². The first-order valence-corrected chi connectivity index (χ1v) is 4.22. The molecule has 1 radical (unpaired) electrons. The summed E-state index contributed by atoms with van der Waals surface area (Å²) in [5.41, 5.74) is -0.688. The number of alkyl halides is 3. The summed E-state index contributed by atoms with van der Waals surface area (Å²) < 4.78 is 36.4. The molecule has 0 fully saturated rings. The van der Waals surface area contributed by atoms with Gasteiger partial charge >= 0.3 is 6.18 Å². The second-order valence-corrected chi connectivity index (χ2v) is 2.98. The summed E-state index contributed by atoms with van der Waals surface area (Å²) in [6, 6.07) is 0. The number of hydrogen-bond donors (Lipinski definition) is 0. The minimum Gasteiger partial charge on any atom is -0.353 e. The second kappa shape index (κ2) is 3.43. The molecule has 0 aromatic carbocycles. The summed E-state index contributed by atoms with van der Waals surface area (Å²) in [5, 5.41) is 2.22. The molecule has 67 valence electrons. The molecule has 1 heterocycles. The average Bonchev–Trinajstić information content (AvgIpc) is 2.34. The highest BCUT2D eigenvalue weighted by Crippen LogP contribution is 2.34. The van der Waals surface area contributed by atoms with Crippen molar-refractivity contribution in [1.82, 2.24) is 4.90 Å². The van der Waals surface area contributed by atoms with E-state index in [4.69, 9.17) is 0 Å². The van der Waals surface area contributed by atoms with Gasteiger partial charge in [0.2, 0.25) is 0 Å². The summed E-state index contributed by atoms with van der Waals surface area (Å²) in [6.45, 7) is 3.60. The monoisotopic (exact) mass is 194 g/mol. The molecule has 0 atom stereocenters. The molecule has 1 aliphatic rings. The van der Waals surface area contributed by atoms with E-state index in [1.165, 1.54) is 11.0 Å². The first-order chi connectivity index (χ1) is 5.55. The van der Waals surface area contributed by atoms with Crippen LogP contribution in [-0.4, -0.2) is 23.5 Å². The molecule has 0 aromatic rings. The van der Waals surface area contributed by atoms with Gasteiger partial charge in [-0.3, -0.25) is 0 Å². The zero-order valence-corrected chi connectivity index (χ0v) is 7.00. The SMILES string of the molecule is C=CCN1CS[C]=C1C(F)(F)F. The van der Waals surface area contributed by atoms with Gasteiger partial charge in [-0.2, -0.15) is 13.2 Å². The van der Waals surface area contributed by atoms with Crippen LogP contribution < -0.4 is 0 Å². The summed E-state index contributed by atoms with van der Waals surface area (Å²) in [6.07, 6.45) is -2.84. The molecule has 1 nitrogen and oxygen atoms in total. The Morgan fingerprint density at radius 1 is 1.67 bits per heavy atom. The van der Waals surface area contributed by atoms with E-state index < -0.39 is 11.9 Å². The van der Waals surface area contributed by atoms with Gasteiger partial charge in [0.25, 0.3) is 0 Å². The first-order valence-electron chi connectivity index (χ1n) is 3.23. The highest BCUT2D eigenvalue weighted by Gasteiger charge is 2.39. The lowest BCUT2D eigenvalue weighted by molar-refractivity contribution is -0.108. The molecule has 12 heavy (non-hydrogen) atoms. The van der Waals surface area contributed by atoms with E-state index in [0.717, 1.165) is 11.8 Å². The molecule has 0 amide bonds. The van der Waals surface area contributed by atoms with Crippen LogP contribution >= 0.6 is 11.8 Å². The molecular formula is C7H7F3NS. The Morgan fingerprint density at radius 3 is 2.83 bits per heavy atom. The van der Waals surface area contributed by atoms with Gasteiger partial charge in [0, 0.05) is 6.54 Å². The van der Waals surface area contributed by atoms with E-state index in [1.807, 2.05) is 0 Å². The molecule has 0 saturated carbocycles. The van der Waals surface area contributed by atoms with Crippen molar-refractivity contribution >= 4 is 11.8 Å². The normalized spacial score (nSPS) is 17.9. The van der Waals surface area contributed by atoms with E-state index in [-0.39, 0.29) is 6.54 Å². The van der Waals surface area contributed by atoms with E-state index in [1.54, 1.807) is 0 Å². The van der Waals surface area contributed by atoms with E-state index in [9.17, 15) is 13.2 Å². The van der Waals surface area contributed by atoms with Crippen LogP contribution in [0, 0.1) is 5.41 Å². The highest BCUT2D eigenvalue weighted by molar-refractivity contribution is 8.01. The zero-order chi connectivity index (χ0) is 9.19. The lowest BCUT2D eigenvalue weighted by Gasteiger charge is -2.20. The molecule has 1 aliphatic heterocycles. The Balaban J connectivity index is 2.69.